The molecule has 2 aromatic carbocycles. The molecule has 22 heavy (non-hydrogen) atoms. The maximum Gasteiger partial charge on any atom is 0.282 e. The van der Waals surface area contributed by atoms with Gasteiger partial charge in [0.1, 0.15) is 11.9 Å². The van der Waals surface area contributed by atoms with Gasteiger partial charge in [-0.25, -0.2) is 4.39 Å². The topological polar surface area (TPSA) is 45.7 Å². The van der Waals surface area contributed by atoms with Crippen molar-refractivity contribution in [2.45, 2.75) is 25.9 Å². The van der Waals surface area contributed by atoms with Crippen LogP contribution in [-0.4, -0.2) is 11.9 Å². The Labute approximate surface area is 134 Å². The second-order valence-corrected chi connectivity index (χ2v) is 5.69. The number of nitrogens with two attached hydrogens (primary N) is 1. The summed E-state index contributed by atoms with van der Waals surface area (Å²) < 4.78 is 12.8. The summed E-state index contributed by atoms with van der Waals surface area (Å²) in [4.78, 5) is 12.2. The fourth-order valence-electron chi connectivity index (χ4n) is 2.26. The van der Waals surface area contributed by atoms with Gasteiger partial charge in [-0.1, -0.05) is 29.8 Å². The van der Waals surface area contributed by atoms with E-state index < -0.39 is 0 Å². The number of carbonyl (C=O) groups excluding carboxylic acids is 1. The zero-order valence-corrected chi connectivity index (χ0v) is 13.3. The van der Waals surface area contributed by atoms with Crippen molar-refractivity contribution in [3.8, 4) is 0 Å². The first-order chi connectivity index (χ1) is 10.5. The van der Waals surface area contributed by atoms with Gasteiger partial charge in [-0.2, -0.15) is 0 Å². The molecular weight excluding hydrogens is 303 g/mol. The minimum Gasteiger partial charge on any atom is -0.330 e. The maximum absolute atomic E-state index is 12.8. The summed E-state index contributed by atoms with van der Waals surface area (Å²) in [5.41, 5.74) is 1.57. The van der Waals surface area contributed by atoms with Crippen LogP contribution in [0.5, 0.6) is 0 Å². The second kappa shape index (κ2) is 7.38. The molecule has 0 spiro atoms. The van der Waals surface area contributed by atoms with Crippen LogP contribution >= 0.6 is 11.6 Å². The van der Waals surface area contributed by atoms with E-state index in [0.29, 0.717) is 10.7 Å². The number of hydrogen-bond donors (Lipinski definition) is 2. The molecule has 116 valence electrons. The van der Waals surface area contributed by atoms with E-state index in [1.165, 1.54) is 24.3 Å². The highest BCUT2D eigenvalue weighted by atomic mass is 35.5. The van der Waals surface area contributed by atoms with Crippen LogP contribution in [0.25, 0.3) is 0 Å². The molecule has 1 amide bonds. The van der Waals surface area contributed by atoms with E-state index in [-0.39, 0.29) is 23.8 Å². The Morgan fingerprint density at radius 1 is 1.14 bits per heavy atom. The molecule has 0 aromatic heterocycles. The number of amides is 1. The number of halogens is 2. The number of anilines is 1. The van der Waals surface area contributed by atoms with E-state index in [9.17, 15) is 9.18 Å². The van der Waals surface area contributed by atoms with E-state index in [4.69, 9.17) is 11.6 Å². The standard InChI is InChI=1S/C17H18ClFN2O/c1-11(15-5-3-4-6-16(15)18)20-12(2)17(22)21-14-9-7-13(19)8-10-14/h3-12,20H,1-2H3,(H,21,22)/p+1/t11-,12-/m1/s1. The number of benzene rings is 2. The third-order valence-corrected chi connectivity index (χ3v) is 3.84. The quantitative estimate of drug-likeness (QED) is 0.873. The lowest BCUT2D eigenvalue weighted by atomic mass is 10.1. The van der Waals surface area contributed by atoms with Gasteiger partial charge < -0.3 is 10.6 Å². The summed E-state index contributed by atoms with van der Waals surface area (Å²) in [5, 5.41) is 5.41. The molecule has 2 rings (SSSR count). The third-order valence-electron chi connectivity index (χ3n) is 3.50. The highest BCUT2D eigenvalue weighted by Gasteiger charge is 2.21. The van der Waals surface area contributed by atoms with Crippen molar-refractivity contribution in [3.05, 3.63) is 64.9 Å². The van der Waals surface area contributed by atoms with Gasteiger partial charge in [0.2, 0.25) is 0 Å². The molecule has 0 fully saturated rings. The summed E-state index contributed by atoms with van der Waals surface area (Å²) in [6.45, 7) is 3.83. The molecule has 0 radical (unpaired) electrons. The fourth-order valence-corrected chi connectivity index (χ4v) is 2.57. The van der Waals surface area contributed by atoms with Crippen LogP contribution in [0.4, 0.5) is 10.1 Å². The van der Waals surface area contributed by atoms with Gasteiger partial charge in [-0.15, -0.1) is 0 Å². The third kappa shape index (κ3) is 4.29. The second-order valence-electron chi connectivity index (χ2n) is 5.29. The molecule has 5 heteroatoms. The molecule has 0 aliphatic rings. The van der Waals surface area contributed by atoms with Crippen LogP contribution in [0.15, 0.2) is 48.5 Å². The van der Waals surface area contributed by atoms with Gasteiger partial charge in [-0.3, -0.25) is 4.79 Å². The van der Waals surface area contributed by atoms with Gasteiger partial charge in [0.15, 0.2) is 6.04 Å². The van der Waals surface area contributed by atoms with Gasteiger partial charge in [0.05, 0.1) is 0 Å². The van der Waals surface area contributed by atoms with Crippen LogP contribution < -0.4 is 10.6 Å². The average Bonchev–Trinajstić information content (AvgIpc) is 2.49. The van der Waals surface area contributed by atoms with Gasteiger partial charge in [0.25, 0.3) is 5.91 Å². The Bertz CT molecular complexity index is 645. The number of quaternary nitrogens is 1. The van der Waals surface area contributed by atoms with E-state index in [0.717, 1.165) is 5.56 Å². The molecule has 0 saturated heterocycles. The van der Waals surface area contributed by atoms with Crippen molar-refractivity contribution in [1.82, 2.24) is 0 Å². The number of nitrogens with one attached hydrogen (secondary N) is 1. The molecule has 2 atom stereocenters. The summed E-state index contributed by atoms with van der Waals surface area (Å²) in [6, 6.07) is 13.1. The molecule has 3 nitrogen and oxygen atoms in total. The molecule has 0 saturated carbocycles. The Hall–Kier alpha value is -1.91. The predicted octanol–water partition coefficient (Wildman–Crippen LogP) is 3.13. The maximum atomic E-state index is 12.8. The Balaban J connectivity index is 1.96. The van der Waals surface area contributed by atoms with E-state index >= 15 is 0 Å². The minimum atomic E-state index is -0.329. The summed E-state index contributed by atoms with van der Waals surface area (Å²) in [7, 11) is 0. The number of carbonyl (C=O) groups is 1. The molecule has 0 unspecified atom stereocenters. The minimum absolute atomic E-state index is 0.0580. The lowest BCUT2D eigenvalue weighted by molar-refractivity contribution is -0.709. The highest BCUT2D eigenvalue weighted by Crippen LogP contribution is 2.19. The van der Waals surface area contributed by atoms with Crippen molar-refractivity contribution >= 4 is 23.2 Å². The summed E-state index contributed by atoms with van der Waals surface area (Å²) in [6.07, 6.45) is 0. The largest absolute Gasteiger partial charge is 0.330 e. The van der Waals surface area contributed by atoms with Crippen molar-refractivity contribution in [2.75, 3.05) is 5.32 Å². The average molecular weight is 322 g/mol. The zero-order valence-electron chi connectivity index (χ0n) is 12.5. The molecular formula is C17H19ClFN2O+. The van der Waals surface area contributed by atoms with Crippen LogP contribution in [0.2, 0.25) is 5.02 Å². The zero-order chi connectivity index (χ0) is 16.1. The predicted molar refractivity (Wildman–Crippen MR) is 86.3 cm³/mol. The SMILES string of the molecule is C[C@@H]([NH2+][C@H](C)c1ccccc1Cl)C(=O)Nc1ccc(F)cc1. The van der Waals surface area contributed by atoms with Crippen molar-refractivity contribution in [2.24, 2.45) is 0 Å². The molecule has 0 bridgehead atoms. The van der Waals surface area contributed by atoms with Gasteiger partial charge in [0, 0.05) is 16.3 Å². The molecule has 3 N–H and O–H groups in total. The first kappa shape index (κ1) is 16.5. The number of hydrogen-bond acceptors (Lipinski definition) is 1. The Kier molecular flexibility index (Phi) is 5.52. The van der Waals surface area contributed by atoms with Crippen molar-refractivity contribution in [3.63, 3.8) is 0 Å². The highest BCUT2D eigenvalue weighted by molar-refractivity contribution is 6.31. The number of rotatable bonds is 5. The van der Waals surface area contributed by atoms with Crippen LogP contribution in [0.1, 0.15) is 25.5 Å². The summed E-state index contributed by atoms with van der Waals surface area (Å²) >= 11 is 6.17. The Morgan fingerprint density at radius 2 is 1.77 bits per heavy atom. The molecule has 0 heterocycles. The molecule has 2 aromatic rings. The van der Waals surface area contributed by atoms with Gasteiger partial charge in [-0.05, 0) is 44.2 Å². The summed E-state index contributed by atoms with van der Waals surface area (Å²) in [5.74, 6) is -0.463. The van der Waals surface area contributed by atoms with E-state index in [2.05, 4.69) is 5.32 Å². The Morgan fingerprint density at radius 3 is 2.41 bits per heavy atom. The first-order valence-electron chi connectivity index (χ1n) is 7.13. The van der Waals surface area contributed by atoms with Crippen molar-refractivity contribution < 1.29 is 14.5 Å². The lowest BCUT2D eigenvalue weighted by Crippen LogP contribution is -2.91. The fraction of sp³-hybridized carbons (Fsp3) is 0.235. The van der Waals surface area contributed by atoms with Crippen molar-refractivity contribution in [1.29, 1.82) is 0 Å². The molecule has 0 aliphatic carbocycles. The van der Waals surface area contributed by atoms with Crippen LogP contribution in [0.3, 0.4) is 0 Å². The van der Waals surface area contributed by atoms with Gasteiger partial charge >= 0.3 is 0 Å². The smallest absolute Gasteiger partial charge is 0.282 e. The normalized spacial score (nSPS) is 13.5. The van der Waals surface area contributed by atoms with E-state index in [1.54, 1.807) is 0 Å². The van der Waals surface area contributed by atoms with Crippen LogP contribution in [0, 0.1) is 5.82 Å². The van der Waals surface area contributed by atoms with Crippen LogP contribution in [-0.2, 0) is 4.79 Å². The first-order valence-corrected chi connectivity index (χ1v) is 7.51. The lowest BCUT2D eigenvalue weighted by Gasteiger charge is -2.17. The molecule has 0 aliphatic heterocycles. The van der Waals surface area contributed by atoms with E-state index in [1.807, 2.05) is 43.4 Å². The monoisotopic (exact) mass is 321 g/mol.